The van der Waals surface area contributed by atoms with Crippen LogP contribution in [-0.2, 0) is 20.7 Å². The van der Waals surface area contributed by atoms with Crippen molar-refractivity contribution in [3.63, 3.8) is 0 Å². The van der Waals surface area contributed by atoms with Crippen molar-refractivity contribution in [3.05, 3.63) is 64.3 Å². The zero-order chi connectivity index (χ0) is 25.7. The van der Waals surface area contributed by atoms with Crippen LogP contribution in [0.5, 0.6) is 5.75 Å². The second kappa shape index (κ2) is 11.1. The van der Waals surface area contributed by atoms with Crippen LogP contribution in [0.25, 0.3) is 10.9 Å². The number of halogens is 1. The van der Waals surface area contributed by atoms with E-state index in [-0.39, 0.29) is 18.4 Å². The number of urea groups is 1. The van der Waals surface area contributed by atoms with E-state index in [1.165, 1.54) is 11.7 Å². The van der Waals surface area contributed by atoms with Gasteiger partial charge >= 0.3 is 12.0 Å². The van der Waals surface area contributed by atoms with Crippen molar-refractivity contribution in [1.82, 2.24) is 15.2 Å². The molecule has 0 fully saturated rings. The van der Waals surface area contributed by atoms with Crippen LogP contribution in [0.1, 0.15) is 35.5 Å². The summed E-state index contributed by atoms with van der Waals surface area (Å²) in [5, 5.41) is 5.74. The molecule has 9 nitrogen and oxygen atoms in total. The number of fused-ring (bicyclic) bond motifs is 1. The van der Waals surface area contributed by atoms with Crippen LogP contribution in [0.15, 0.2) is 42.5 Å². The number of methoxy groups -OCH3 is 1. The van der Waals surface area contributed by atoms with Crippen molar-refractivity contribution in [2.45, 2.75) is 33.2 Å². The Morgan fingerprint density at radius 1 is 1.06 bits per heavy atom. The van der Waals surface area contributed by atoms with Crippen molar-refractivity contribution >= 4 is 46.3 Å². The SMILES string of the molecule is COc1ccc2c(c1)c(CC(=O)OCC(=O)NC(=O)NC(C)C)c(C)n2C(=O)c1ccc(Cl)cc1. The van der Waals surface area contributed by atoms with Gasteiger partial charge in [0.25, 0.3) is 11.8 Å². The minimum atomic E-state index is -0.754. The quantitative estimate of drug-likeness (QED) is 0.480. The lowest BCUT2D eigenvalue weighted by molar-refractivity contribution is -0.147. The largest absolute Gasteiger partial charge is 0.497 e. The Hall–Kier alpha value is -3.85. The number of carbonyl (C=O) groups is 4. The molecule has 1 aromatic heterocycles. The van der Waals surface area contributed by atoms with E-state index in [1.54, 1.807) is 63.2 Å². The zero-order valence-electron chi connectivity index (χ0n) is 19.8. The number of aromatic nitrogens is 1. The fraction of sp³-hybridized carbons (Fsp3) is 0.280. The third-order valence-electron chi connectivity index (χ3n) is 5.19. The first-order valence-electron chi connectivity index (χ1n) is 10.8. The zero-order valence-corrected chi connectivity index (χ0v) is 20.6. The third-order valence-corrected chi connectivity index (χ3v) is 5.45. The minimum Gasteiger partial charge on any atom is -0.497 e. The summed E-state index contributed by atoms with van der Waals surface area (Å²) >= 11 is 5.95. The van der Waals surface area contributed by atoms with Gasteiger partial charge in [-0.15, -0.1) is 0 Å². The summed E-state index contributed by atoms with van der Waals surface area (Å²) in [6.45, 7) is 4.60. The molecule has 10 heteroatoms. The maximum absolute atomic E-state index is 13.3. The lowest BCUT2D eigenvalue weighted by atomic mass is 10.1. The first-order chi connectivity index (χ1) is 16.6. The smallest absolute Gasteiger partial charge is 0.321 e. The molecule has 0 saturated carbocycles. The molecule has 0 aliphatic heterocycles. The van der Waals surface area contributed by atoms with Gasteiger partial charge in [-0.05, 0) is 68.8 Å². The highest BCUT2D eigenvalue weighted by Gasteiger charge is 2.23. The summed E-state index contributed by atoms with van der Waals surface area (Å²) in [5.74, 6) is -1.17. The summed E-state index contributed by atoms with van der Waals surface area (Å²) < 4.78 is 11.9. The van der Waals surface area contributed by atoms with Crippen LogP contribution in [0, 0.1) is 6.92 Å². The van der Waals surface area contributed by atoms with Crippen molar-refractivity contribution in [3.8, 4) is 5.75 Å². The average molecular weight is 500 g/mol. The topological polar surface area (TPSA) is 116 Å². The molecule has 0 bridgehead atoms. The molecule has 0 spiro atoms. The molecule has 0 unspecified atom stereocenters. The molecular formula is C25H26ClN3O6. The van der Waals surface area contributed by atoms with Gasteiger partial charge < -0.3 is 14.8 Å². The Morgan fingerprint density at radius 2 is 1.74 bits per heavy atom. The number of hydrogen-bond donors (Lipinski definition) is 2. The van der Waals surface area contributed by atoms with E-state index in [2.05, 4.69) is 10.6 Å². The lowest BCUT2D eigenvalue weighted by Gasteiger charge is -2.10. The van der Waals surface area contributed by atoms with Gasteiger partial charge in [-0.1, -0.05) is 11.6 Å². The van der Waals surface area contributed by atoms with Crippen molar-refractivity contribution in [2.75, 3.05) is 13.7 Å². The maximum Gasteiger partial charge on any atom is 0.321 e. The van der Waals surface area contributed by atoms with Crippen LogP contribution < -0.4 is 15.4 Å². The number of esters is 1. The van der Waals surface area contributed by atoms with Gasteiger partial charge in [0.1, 0.15) is 5.75 Å². The van der Waals surface area contributed by atoms with Crippen LogP contribution in [0.3, 0.4) is 0 Å². The Morgan fingerprint density at radius 3 is 2.37 bits per heavy atom. The highest BCUT2D eigenvalue weighted by atomic mass is 35.5. The van der Waals surface area contributed by atoms with E-state index >= 15 is 0 Å². The summed E-state index contributed by atoms with van der Waals surface area (Å²) in [6.07, 6.45) is -0.193. The van der Waals surface area contributed by atoms with Gasteiger partial charge in [0, 0.05) is 27.7 Å². The standard InChI is InChI=1S/C25H26ClN3O6/c1-14(2)27-25(33)28-22(30)13-35-23(31)12-19-15(3)29(21-10-9-18(34-4)11-20(19)21)24(32)16-5-7-17(26)8-6-16/h5-11,14H,12-13H2,1-4H3,(H2,27,28,30,33). The van der Waals surface area contributed by atoms with Gasteiger partial charge in [-0.25, -0.2) is 4.79 Å². The summed E-state index contributed by atoms with van der Waals surface area (Å²) in [5.41, 5.74) is 2.12. The predicted octanol–water partition coefficient (Wildman–Crippen LogP) is 3.62. The van der Waals surface area contributed by atoms with Gasteiger partial charge in [0.05, 0.1) is 19.0 Å². The lowest BCUT2D eigenvalue weighted by Crippen LogP contribution is -2.44. The summed E-state index contributed by atoms with van der Waals surface area (Å²) in [6, 6.07) is 10.9. The van der Waals surface area contributed by atoms with E-state index < -0.39 is 24.5 Å². The highest BCUT2D eigenvalue weighted by Crippen LogP contribution is 2.31. The fourth-order valence-electron chi connectivity index (χ4n) is 3.60. The molecule has 2 N–H and O–H groups in total. The normalized spacial score (nSPS) is 10.8. The number of hydrogen-bond acceptors (Lipinski definition) is 6. The van der Waals surface area contributed by atoms with E-state index in [0.29, 0.717) is 38.5 Å². The van der Waals surface area contributed by atoms with Gasteiger partial charge in [-0.3, -0.25) is 24.3 Å². The number of nitrogens with one attached hydrogen (secondary N) is 2. The molecule has 184 valence electrons. The Balaban J connectivity index is 1.85. The third kappa shape index (κ3) is 6.19. The van der Waals surface area contributed by atoms with E-state index in [1.807, 2.05) is 0 Å². The van der Waals surface area contributed by atoms with E-state index in [9.17, 15) is 19.2 Å². The second-order valence-corrected chi connectivity index (χ2v) is 8.54. The number of carbonyl (C=O) groups excluding carboxylic acids is 4. The van der Waals surface area contributed by atoms with Crippen LogP contribution in [0.4, 0.5) is 4.79 Å². The summed E-state index contributed by atoms with van der Waals surface area (Å²) in [4.78, 5) is 49.4. The molecule has 3 aromatic rings. The van der Waals surface area contributed by atoms with Crippen molar-refractivity contribution in [1.29, 1.82) is 0 Å². The van der Waals surface area contributed by atoms with E-state index in [4.69, 9.17) is 21.1 Å². The Kier molecular flexibility index (Phi) is 8.14. The van der Waals surface area contributed by atoms with Gasteiger partial charge in [0.15, 0.2) is 6.61 Å². The van der Waals surface area contributed by atoms with Gasteiger partial charge in [-0.2, -0.15) is 0 Å². The van der Waals surface area contributed by atoms with Crippen molar-refractivity contribution in [2.24, 2.45) is 0 Å². The van der Waals surface area contributed by atoms with Crippen LogP contribution in [-0.4, -0.2) is 48.1 Å². The molecule has 2 aromatic carbocycles. The average Bonchev–Trinajstić information content (AvgIpc) is 3.07. The molecule has 3 rings (SSSR count). The van der Waals surface area contributed by atoms with E-state index in [0.717, 1.165) is 0 Å². The maximum atomic E-state index is 13.3. The monoisotopic (exact) mass is 499 g/mol. The van der Waals surface area contributed by atoms with Crippen LogP contribution >= 0.6 is 11.6 Å². The number of imide groups is 1. The fourth-order valence-corrected chi connectivity index (χ4v) is 3.72. The van der Waals surface area contributed by atoms with Crippen LogP contribution in [0.2, 0.25) is 5.02 Å². The molecule has 0 aliphatic rings. The molecule has 0 radical (unpaired) electrons. The highest BCUT2D eigenvalue weighted by molar-refractivity contribution is 6.30. The van der Waals surface area contributed by atoms with Crippen molar-refractivity contribution < 1.29 is 28.7 Å². The molecule has 1 heterocycles. The summed E-state index contributed by atoms with van der Waals surface area (Å²) in [7, 11) is 1.52. The second-order valence-electron chi connectivity index (χ2n) is 8.11. The molecule has 3 amide bonds. The first-order valence-corrected chi connectivity index (χ1v) is 11.2. The molecule has 35 heavy (non-hydrogen) atoms. The Labute approximate surface area is 207 Å². The minimum absolute atomic E-state index is 0.154. The number of nitrogens with zero attached hydrogens (tertiary/aromatic N) is 1. The molecular weight excluding hydrogens is 474 g/mol. The number of amides is 3. The molecule has 0 atom stereocenters. The molecule has 0 saturated heterocycles. The Bertz CT molecular complexity index is 1280. The molecule has 0 aliphatic carbocycles. The predicted molar refractivity (Wildman–Crippen MR) is 131 cm³/mol. The van der Waals surface area contributed by atoms with Gasteiger partial charge in [0.2, 0.25) is 0 Å². The number of benzene rings is 2. The number of rotatable bonds is 7. The first kappa shape index (κ1) is 25.8. The number of ether oxygens (including phenoxy) is 2.